The molecule has 1 aromatic heterocycles. The Morgan fingerprint density at radius 2 is 0.811 bits per heavy atom. The van der Waals surface area contributed by atoms with Crippen LogP contribution >= 0.6 is 0 Å². The first-order valence-electron chi connectivity index (χ1n) is 13.0. The van der Waals surface area contributed by atoms with Crippen LogP contribution in [0.15, 0.2) is 53.8 Å². The maximum atomic E-state index is 12.1. The summed E-state index contributed by atoms with van der Waals surface area (Å²) in [6.07, 6.45) is 0.356. The minimum Gasteiger partial charge on any atom is -0.329 e. The van der Waals surface area contributed by atoms with E-state index in [0.717, 1.165) is 0 Å². The maximum Gasteiger partial charge on any atom is 0.308 e. The van der Waals surface area contributed by atoms with Gasteiger partial charge in [0.05, 0.1) is 80.7 Å². The first kappa shape index (κ1) is 36.8. The molecule has 0 aliphatic rings. The summed E-state index contributed by atoms with van der Waals surface area (Å²) in [5.74, 6) is -0.862. The number of hydrogen-bond donors (Lipinski definition) is 1. The van der Waals surface area contributed by atoms with Crippen LogP contribution < -0.4 is 10.8 Å². The van der Waals surface area contributed by atoms with E-state index in [1.54, 1.807) is 0 Å². The number of nitrogens with zero attached hydrogens (tertiary/aromatic N) is 12. The molecule has 0 atom stereocenters. The Balaban J connectivity index is 2.24. The third-order valence-corrected chi connectivity index (χ3v) is 6.55. The van der Waals surface area contributed by atoms with Crippen LogP contribution in [0.4, 0.5) is 68.4 Å². The number of nitrogens with one attached hydrogen (secondary N) is 1. The van der Waals surface area contributed by atoms with E-state index >= 15 is 0 Å². The molecule has 31 nitrogen and oxygen atoms in total. The van der Waals surface area contributed by atoms with E-state index in [0.29, 0.717) is 12.4 Å². The van der Waals surface area contributed by atoms with Gasteiger partial charge in [0, 0.05) is 6.07 Å². The summed E-state index contributed by atoms with van der Waals surface area (Å²) in [7, 11) is 0. The lowest BCUT2D eigenvalue weighted by Crippen LogP contribution is -2.22. The molecule has 0 amide bonds. The van der Waals surface area contributed by atoms with Gasteiger partial charge in [0.15, 0.2) is 5.69 Å². The fourth-order valence-electron chi connectivity index (χ4n) is 4.40. The molecule has 4 aromatic rings. The Hall–Kier alpha value is -9.06. The molecule has 0 spiro atoms. The Kier molecular flexibility index (Phi) is 9.58. The molecule has 0 unspecified atom stereocenters. The highest BCUT2D eigenvalue weighted by Crippen LogP contribution is 2.42. The van der Waals surface area contributed by atoms with Gasteiger partial charge in [-0.2, -0.15) is 0 Å². The van der Waals surface area contributed by atoms with E-state index in [2.05, 4.69) is 15.3 Å². The predicted molar refractivity (Wildman–Crippen MR) is 165 cm³/mol. The smallest absolute Gasteiger partial charge is 0.308 e. The largest absolute Gasteiger partial charge is 0.329 e. The van der Waals surface area contributed by atoms with Gasteiger partial charge in [-0.25, -0.2) is 9.98 Å². The van der Waals surface area contributed by atoms with Crippen molar-refractivity contribution in [2.24, 2.45) is 4.99 Å². The van der Waals surface area contributed by atoms with Crippen molar-refractivity contribution in [2.45, 2.75) is 0 Å². The van der Waals surface area contributed by atoms with Crippen molar-refractivity contribution in [3.05, 3.63) is 145 Å². The molecule has 0 radical (unpaired) electrons. The SMILES string of the molecule is O=[N+]([O-])c1cc([N+](=O)[O-])c(N=c2cc(Nc3c([N+](=O)[O-])cc([N+](=O)[O-])cc3[N+](=O)[O-])ncn2-c2c([N+](=O)[O-])cc([N+](=O)[O-])cc2[N+](=O)[O-])c([N+](=O)[O-])c1. The second-order valence-corrected chi connectivity index (χ2v) is 9.58. The van der Waals surface area contributed by atoms with Crippen molar-refractivity contribution < 1.29 is 44.3 Å². The van der Waals surface area contributed by atoms with E-state index < -0.39 is 124 Å². The topological polar surface area (TPSA) is 430 Å². The molecule has 1 N–H and O–H groups in total. The van der Waals surface area contributed by atoms with Crippen molar-refractivity contribution in [1.82, 2.24) is 9.55 Å². The fourth-order valence-corrected chi connectivity index (χ4v) is 4.40. The van der Waals surface area contributed by atoms with Gasteiger partial charge in [-0.3, -0.25) is 95.6 Å². The monoisotopic (exact) mass is 743 g/mol. The zero-order chi connectivity index (χ0) is 39.6. The molecule has 0 bridgehead atoms. The molecule has 0 saturated heterocycles. The number of anilines is 2. The Labute approximate surface area is 284 Å². The summed E-state index contributed by atoms with van der Waals surface area (Å²) in [5, 5.41) is 108. The molecule has 1 heterocycles. The summed E-state index contributed by atoms with van der Waals surface area (Å²) in [5.41, 5.74) is -16.7. The van der Waals surface area contributed by atoms with E-state index in [9.17, 15) is 91.0 Å². The van der Waals surface area contributed by atoms with Gasteiger partial charge in [0.1, 0.15) is 17.6 Å². The standard InChI is InChI=1S/C22H9N13O18/c36-27(37)9-1-12(30(42)43)20(13(2-9)31(44)45)24-18-7-19(25-21-14(32(46)47)3-10(28(38)39)4-15(21)33(48)49)26(8-23-18)22-16(34(50)51)5-11(29(40)41)6-17(22)35(52)53/h1-8,24H. The lowest BCUT2D eigenvalue weighted by atomic mass is 10.2. The van der Waals surface area contributed by atoms with Gasteiger partial charge in [0.2, 0.25) is 11.4 Å². The number of nitro benzene ring substituents is 9. The molecule has 0 aliphatic carbocycles. The molecule has 31 heteroatoms. The second-order valence-electron chi connectivity index (χ2n) is 9.58. The van der Waals surface area contributed by atoms with Crippen LogP contribution in [-0.4, -0.2) is 53.9 Å². The molecule has 4 rings (SSSR count). The van der Waals surface area contributed by atoms with Gasteiger partial charge in [0.25, 0.3) is 17.1 Å². The minimum absolute atomic E-state index is 0.205. The van der Waals surface area contributed by atoms with Crippen LogP contribution in [-0.2, 0) is 0 Å². The zero-order valence-corrected chi connectivity index (χ0v) is 24.8. The van der Waals surface area contributed by atoms with Crippen molar-refractivity contribution in [3.63, 3.8) is 0 Å². The Morgan fingerprint density at radius 1 is 0.472 bits per heavy atom. The molecular weight excluding hydrogens is 734 g/mol. The highest BCUT2D eigenvalue weighted by Gasteiger charge is 2.35. The molecule has 0 fully saturated rings. The molecular formula is C22H9N13O18. The Bertz CT molecular complexity index is 2360. The van der Waals surface area contributed by atoms with Crippen molar-refractivity contribution in [2.75, 3.05) is 5.32 Å². The summed E-state index contributed by atoms with van der Waals surface area (Å²) < 4.78 is 0.249. The molecule has 0 saturated carbocycles. The second kappa shape index (κ2) is 13.8. The van der Waals surface area contributed by atoms with Gasteiger partial charge < -0.3 is 5.32 Å². The molecule has 3 aromatic carbocycles. The lowest BCUT2D eigenvalue weighted by Gasteiger charge is -2.12. The van der Waals surface area contributed by atoms with Gasteiger partial charge in [-0.15, -0.1) is 0 Å². The maximum absolute atomic E-state index is 12.1. The Morgan fingerprint density at radius 3 is 1.15 bits per heavy atom. The van der Waals surface area contributed by atoms with Crippen LogP contribution in [0.3, 0.4) is 0 Å². The van der Waals surface area contributed by atoms with Crippen LogP contribution in [0, 0.1) is 91.0 Å². The van der Waals surface area contributed by atoms with Crippen LogP contribution in [0.1, 0.15) is 0 Å². The van der Waals surface area contributed by atoms with E-state index in [1.807, 2.05) is 0 Å². The minimum atomic E-state index is -1.46. The summed E-state index contributed by atoms with van der Waals surface area (Å²) >= 11 is 0. The third kappa shape index (κ3) is 7.21. The van der Waals surface area contributed by atoms with E-state index in [1.165, 1.54) is 0 Å². The van der Waals surface area contributed by atoms with Crippen molar-refractivity contribution >= 4 is 68.4 Å². The van der Waals surface area contributed by atoms with E-state index in [-0.39, 0.29) is 41.0 Å². The summed E-state index contributed by atoms with van der Waals surface area (Å²) in [6.45, 7) is 0. The van der Waals surface area contributed by atoms with Gasteiger partial charge in [-0.1, -0.05) is 0 Å². The van der Waals surface area contributed by atoms with Crippen LogP contribution in [0.25, 0.3) is 5.69 Å². The lowest BCUT2D eigenvalue weighted by molar-refractivity contribution is -0.403. The van der Waals surface area contributed by atoms with Crippen molar-refractivity contribution in [3.8, 4) is 5.69 Å². The quantitative estimate of drug-likeness (QED) is 0.149. The number of aromatic nitrogens is 2. The highest BCUT2D eigenvalue weighted by molar-refractivity contribution is 5.81. The number of rotatable bonds is 13. The summed E-state index contributed by atoms with van der Waals surface area (Å²) in [6, 6.07) is 1.90. The highest BCUT2D eigenvalue weighted by atomic mass is 16.7. The average molecular weight is 743 g/mol. The number of nitro groups is 9. The third-order valence-electron chi connectivity index (χ3n) is 6.55. The fraction of sp³-hybridized carbons (Fsp3) is 0. The normalized spacial score (nSPS) is 11.0. The van der Waals surface area contributed by atoms with Gasteiger partial charge in [-0.05, 0) is 0 Å². The van der Waals surface area contributed by atoms with Gasteiger partial charge >= 0.3 is 34.1 Å². The predicted octanol–water partition coefficient (Wildman–Crippen LogP) is 4.02. The first-order chi connectivity index (χ1) is 24.7. The van der Waals surface area contributed by atoms with E-state index in [4.69, 9.17) is 0 Å². The molecule has 270 valence electrons. The number of hydrogen-bond acceptors (Lipinski definition) is 21. The van der Waals surface area contributed by atoms with Crippen LogP contribution in [0.5, 0.6) is 0 Å². The van der Waals surface area contributed by atoms with Crippen molar-refractivity contribution in [1.29, 1.82) is 0 Å². The number of non-ortho nitro benzene ring substituents is 3. The zero-order valence-electron chi connectivity index (χ0n) is 24.8. The van der Waals surface area contributed by atoms with Crippen LogP contribution in [0.2, 0.25) is 0 Å². The first-order valence-corrected chi connectivity index (χ1v) is 13.0. The molecule has 0 aliphatic heterocycles. The average Bonchev–Trinajstić information content (AvgIpc) is 3.07. The summed E-state index contributed by atoms with van der Waals surface area (Å²) in [4.78, 5) is 101. The number of benzene rings is 3. The molecule has 53 heavy (non-hydrogen) atoms.